The maximum atomic E-state index is 11.7. The number of rotatable bonds is 8. The minimum Gasteiger partial charge on any atom is -0.469 e. The Hall–Kier alpha value is -2.37. The second-order valence-electron chi connectivity index (χ2n) is 6.46. The van der Waals surface area contributed by atoms with E-state index < -0.39 is 0 Å². The van der Waals surface area contributed by atoms with Crippen molar-refractivity contribution in [2.45, 2.75) is 51.0 Å². The van der Waals surface area contributed by atoms with Crippen molar-refractivity contribution in [2.75, 3.05) is 7.11 Å². The molecule has 1 aromatic rings. The number of hydrogen-bond acceptors (Lipinski definition) is 6. The van der Waals surface area contributed by atoms with Crippen LogP contribution in [0, 0.1) is 5.92 Å². The second kappa shape index (κ2) is 9.81. The van der Waals surface area contributed by atoms with E-state index in [1.54, 1.807) is 6.21 Å². The van der Waals surface area contributed by atoms with Crippen molar-refractivity contribution in [1.29, 1.82) is 0 Å². The molecule has 2 atom stereocenters. The molecule has 0 aromatic heterocycles. The van der Waals surface area contributed by atoms with Crippen molar-refractivity contribution in [1.82, 2.24) is 0 Å². The maximum Gasteiger partial charge on any atom is 0.306 e. The lowest BCUT2D eigenvalue weighted by molar-refractivity contribution is -0.158. The van der Waals surface area contributed by atoms with Crippen molar-refractivity contribution in [3.05, 3.63) is 35.4 Å². The molecule has 6 heteroatoms. The lowest BCUT2D eigenvalue weighted by Gasteiger charge is -2.28. The molecule has 2 rings (SSSR count). The number of aryl methyl sites for hydroxylation is 1. The van der Waals surface area contributed by atoms with Crippen molar-refractivity contribution < 1.29 is 19.1 Å². The zero-order valence-corrected chi connectivity index (χ0v) is 14.6. The fourth-order valence-corrected chi connectivity index (χ4v) is 3.18. The number of nitrogens with two attached hydrogens (primary N) is 1. The molecule has 1 aromatic carbocycles. The van der Waals surface area contributed by atoms with Gasteiger partial charge in [0, 0.05) is 12.8 Å². The highest BCUT2D eigenvalue weighted by Gasteiger charge is 2.29. The number of hydrogen-bond donors (Lipinski definition) is 1. The zero-order valence-electron chi connectivity index (χ0n) is 14.6. The molecular formula is C19H26N2O4. The van der Waals surface area contributed by atoms with E-state index in [4.69, 9.17) is 10.6 Å². The zero-order chi connectivity index (χ0) is 18.1. The summed E-state index contributed by atoms with van der Waals surface area (Å²) in [6.07, 6.45) is 6.70. The van der Waals surface area contributed by atoms with Gasteiger partial charge in [-0.1, -0.05) is 24.3 Å². The first-order valence-corrected chi connectivity index (χ1v) is 8.69. The monoisotopic (exact) mass is 346 g/mol. The number of ether oxygens (including phenoxy) is 2. The average Bonchev–Trinajstić information content (AvgIpc) is 2.60. The van der Waals surface area contributed by atoms with Gasteiger partial charge in [0.1, 0.15) is 6.10 Å². The summed E-state index contributed by atoms with van der Waals surface area (Å²) in [5.74, 6) is 4.70. The summed E-state index contributed by atoms with van der Waals surface area (Å²) in [5.41, 5.74) is 2.25. The molecule has 25 heavy (non-hydrogen) atoms. The van der Waals surface area contributed by atoms with Crippen LogP contribution in [0.4, 0.5) is 0 Å². The van der Waals surface area contributed by atoms with E-state index in [1.165, 1.54) is 12.7 Å². The molecular weight excluding hydrogens is 320 g/mol. The Morgan fingerprint density at radius 3 is 2.80 bits per heavy atom. The van der Waals surface area contributed by atoms with Crippen LogP contribution in [0.5, 0.6) is 0 Å². The van der Waals surface area contributed by atoms with Gasteiger partial charge in [0.25, 0.3) is 0 Å². The maximum absolute atomic E-state index is 11.7. The van der Waals surface area contributed by atoms with Crippen LogP contribution in [0.1, 0.15) is 49.7 Å². The van der Waals surface area contributed by atoms with Crippen molar-refractivity contribution >= 4 is 18.2 Å². The van der Waals surface area contributed by atoms with E-state index in [0.717, 1.165) is 37.7 Å². The van der Waals surface area contributed by atoms with E-state index >= 15 is 0 Å². The van der Waals surface area contributed by atoms with Crippen LogP contribution in [0.2, 0.25) is 0 Å². The first kappa shape index (κ1) is 19.0. The molecule has 0 unspecified atom stereocenters. The van der Waals surface area contributed by atoms with E-state index in [-0.39, 0.29) is 24.0 Å². The second-order valence-corrected chi connectivity index (χ2v) is 6.46. The lowest BCUT2D eigenvalue weighted by Crippen LogP contribution is -2.31. The molecule has 1 saturated heterocycles. The topological polar surface area (TPSA) is 91.0 Å². The number of esters is 2. The van der Waals surface area contributed by atoms with Gasteiger partial charge in [-0.25, -0.2) is 0 Å². The van der Waals surface area contributed by atoms with Crippen molar-refractivity contribution in [3.63, 3.8) is 0 Å². The van der Waals surface area contributed by atoms with Crippen LogP contribution in [-0.2, 0) is 25.5 Å². The molecule has 1 heterocycles. The predicted molar refractivity (Wildman–Crippen MR) is 95.0 cm³/mol. The van der Waals surface area contributed by atoms with Crippen LogP contribution < -0.4 is 5.84 Å². The molecule has 0 bridgehead atoms. The van der Waals surface area contributed by atoms with E-state index in [9.17, 15) is 9.59 Å². The third-order valence-electron chi connectivity index (χ3n) is 4.48. The van der Waals surface area contributed by atoms with Gasteiger partial charge in [0.05, 0.1) is 13.3 Å². The van der Waals surface area contributed by atoms with E-state index in [0.29, 0.717) is 12.8 Å². The quantitative estimate of drug-likeness (QED) is 0.257. The summed E-state index contributed by atoms with van der Waals surface area (Å²) >= 11 is 0. The van der Waals surface area contributed by atoms with Gasteiger partial charge >= 0.3 is 11.9 Å². The van der Waals surface area contributed by atoms with Gasteiger partial charge in [0.15, 0.2) is 0 Å². The normalized spacial score (nSPS) is 20.4. The number of cyclic esters (lactones) is 1. The molecule has 1 aliphatic heterocycles. The van der Waals surface area contributed by atoms with Crippen LogP contribution in [-0.4, -0.2) is 31.4 Å². The Bertz CT molecular complexity index is 598. The van der Waals surface area contributed by atoms with E-state index in [2.05, 4.69) is 22.0 Å². The van der Waals surface area contributed by atoms with Crippen LogP contribution >= 0.6 is 0 Å². The molecule has 1 aliphatic rings. The Labute approximate surface area is 148 Å². The van der Waals surface area contributed by atoms with Crippen LogP contribution in [0.15, 0.2) is 29.4 Å². The number of methoxy groups -OCH3 is 1. The van der Waals surface area contributed by atoms with Gasteiger partial charge in [-0.3, -0.25) is 9.59 Å². The number of hydrazone groups is 1. The van der Waals surface area contributed by atoms with Crippen molar-refractivity contribution in [3.8, 4) is 0 Å². The number of unbranched alkanes of at least 4 members (excludes halogenated alkanes) is 1. The first-order chi connectivity index (χ1) is 12.1. The lowest BCUT2D eigenvalue weighted by atomic mass is 9.90. The Morgan fingerprint density at radius 1 is 1.36 bits per heavy atom. The van der Waals surface area contributed by atoms with E-state index in [1.807, 2.05) is 12.1 Å². The largest absolute Gasteiger partial charge is 0.469 e. The highest BCUT2D eigenvalue weighted by molar-refractivity contribution is 5.79. The molecule has 0 aliphatic carbocycles. The fraction of sp³-hybridized carbons (Fsp3) is 0.526. The number of carbonyl (C=O) groups is 2. The highest BCUT2D eigenvalue weighted by Crippen LogP contribution is 2.27. The smallest absolute Gasteiger partial charge is 0.306 e. The Kier molecular flexibility index (Phi) is 7.44. The summed E-state index contributed by atoms with van der Waals surface area (Å²) in [7, 11) is 1.37. The number of nitrogens with zero attached hydrogens (tertiary/aromatic N) is 1. The number of carbonyl (C=O) groups excluding carboxylic acids is 2. The SMILES string of the molecule is COC(=O)C[C@H]1CC(=O)O[C@@H](CCCCc2ccc(C=NN)cc2)C1. The fourth-order valence-electron chi connectivity index (χ4n) is 3.18. The van der Waals surface area contributed by atoms with Gasteiger partial charge in [-0.15, -0.1) is 0 Å². The molecule has 1 fully saturated rings. The molecule has 0 amide bonds. The minimum atomic E-state index is -0.262. The molecule has 2 N–H and O–H groups in total. The van der Waals surface area contributed by atoms with Crippen LogP contribution in [0.3, 0.4) is 0 Å². The molecule has 0 saturated carbocycles. The summed E-state index contributed by atoms with van der Waals surface area (Å²) in [6.45, 7) is 0. The Morgan fingerprint density at radius 2 is 2.12 bits per heavy atom. The average molecular weight is 346 g/mol. The van der Waals surface area contributed by atoms with Crippen molar-refractivity contribution in [2.24, 2.45) is 16.9 Å². The summed E-state index contributed by atoms with van der Waals surface area (Å²) in [6, 6.07) is 8.13. The Balaban J connectivity index is 1.71. The highest BCUT2D eigenvalue weighted by atomic mass is 16.5. The van der Waals surface area contributed by atoms with Gasteiger partial charge in [-0.2, -0.15) is 5.10 Å². The number of benzene rings is 1. The molecule has 0 spiro atoms. The third kappa shape index (κ3) is 6.57. The molecule has 0 radical (unpaired) electrons. The molecule has 136 valence electrons. The third-order valence-corrected chi connectivity index (χ3v) is 4.48. The minimum absolute atomic E-state index is 0.0375. The summed E-state index contributed by atoms with van der Waals surface area (Å²) in [4.78, 5) is 23.1. The first-order valence-electron chi connectivity index (χ1n) is 8.69. The standard InChI is InChI=1S/C19H26N2O4/c1-24-18(22)11-16-10-17(25-19(23)12-16)5-3-2-4-14-6-8-15(9-7-14)13-21-20/h6-9,13,16-17H,2-5,10-12,20H2,1H3/t16-,17-/m0/s1. The predicted octanol–water partition coefficient (Wildman–Crippen LogP) is 2.58. The summed E-state index contributed by atoms with van der Waals surface area (Å²) < 4.78 is 10.1. The summed E-state index contributed by atoms with van der Waals surface area (Å²) in [5, 5.41) is 3.50. The van der Waals surface area contributed by atoms with Gasteiger partial charge < -0.3 is 15.3 Å². The molecule has 6 nitrogen and oxygen atoms in total. The van der Waals surface area contributed by atoms with Crippen LogP contribution in [0.25, 0.3) is 0 Å². The van der Waals surface area contributed by atoms with Gasteiger partial charge in [0.2, 0.25) is 0 Å². The van der Waals surface area contributed by atoms with Gasteiger partial charge in [-0.05, 0) is 49.1 Å².